The molecule has 2 rings (SSSR count). The van der Waals surface area contributed by atoms with Crippen LogP contribution in [-0.4, -0.2) is 36.7 Å². The van der Waals surface area contributed by atoms with Crippen LogP contribution in [0.4, 0.5) is 5.82 Å². The summed E-state index contributed by atoms with van der Waals surface area (Å²) in [6.45, 7) is 1.37. The first kappa shape index (κ1) is 11.4. The summed E-state index contributed by atoms with van der Waals surface area (Å²) >= 11 is 0. The average molecular weight is 232 g/mol. The first-order valence-electron chi connectivity index (χ1n) is 5.22. The molecule has 6 nitrogen and oxygen atoms in total. The number of carbonyl (C=O) groups excluding carboxylic acids is 1. The van der Waals surface area contributed by atoms with Gasteiger partial charge in [-0.15, -0.1) is 0 Å². The summed E-state index contributed by atoms with van der Waals surface area (Å²) in [5, 5.41) is 8.68. The Kier molecular flexibility index (Phi) is 3.21. The minimum atomic E-state index is -0.496. The van der Waals surface area contributed by atoms with Crippen molar-refractivity contribution in [2.45, 2.75) is 6.04 Å². The number of nitrogens with two attached hydrogens (primary N) is 1. The zero-order valence-electron chi connectivity index (χ0n) is 9.17. The van der Waals surface area contributed by atoms with Crippen molar-refractivity contribution >= 4 is 11.7 Å². The fourth-order valence-electron chi connectivity index (χ4n) is 1.74. The van der Waals surface area contributed by atoms with Gasteiger partial charge in [0.05, 0.1) is 18.8 Å². The maximum Gasteiger partial charge on any atom is 0.242 e. The number of pyridine rings is 1. The molecule has 1 aliphatic heterocycles. The second-order valence-electron chi connectivity index (χ2n) is 3.70. The van der Waals surface area contributed by atoms with E-state index in [1.54, 1.807) is 17.0 Å². The number of nitriles is 1. The molecule has 1 atom stereocenters. The molecule has 1 fully saturated rings. The number of hydrogen-bond acceptors (Lipinski definition) is 5. The number of carbonyl (C=O) groups is 1. The van der Waals surface area contributed by atoms with Crippen LogP contribution in [-0.2, 0) is 9.53 Å². The summed E-state index contributed by atoms with van der Waals surface area (Å²) in [5.41, 5.74) is 5.79. The smallest absolute Gasteiger partial charge is 0.242 e. The molecule has 0 saturated carbocycles. The lowest BCUT2D eigenvalue weighted by Crippen LogP contribution is -2.52. The standard InChI is InChI=1S/C11H12N4O2/c12-5-8-1-2-10(14-6-8)15-3-4-17-7-9(15)11(13)16/h1-2,6,9H,3-4,7H2,(H2,13,16). The maximum absolute atomic E-state index is 11.3. The minimum Gasteiger partial charge on any atom is -0.377 e. The van der Waals surface area contributed by atoms with Crippen molar-refractivity contribution in [3.63, 3.8) is 0 Å². The zero-order valence-corrected chi connectivity index (χ0v) is 9.17. The third kappa shape index (κ3) is 2.34. The van der Waals surface area contributed by atoms with Crippen LogP contribution in [0.15, 0.2) is 18.3 Å². The third-order valence-electron chi connectivity index (χ3n) is 2.63. The van der Waals surface area contributed by atoms with E-state index in [9.17, 15) is 4.79 Å². The maximum atomic E-state index is 11.3. The Hall–Kier alpha value is -2.13. The van der Waals surface area contributed by atoms with E-state index in [1.807, 2.05) is 6.07 Å². The van der Waals surface area contributed by atoms with Gasteiger partial charge in [0.1, 0.15) is 17.9 Å². The Labute approximate surface area is 98.6 Å². The Morgan fingerprint density at radius 3 is 3.06 bits per heavy atom. The Bertz CT molecular complexity index is 452. The van der Waals surface area contributed by atoms with Crippen molar-refractivity contribution in [1.82, 2.24) is 4.98 Å². The van der Waals surface area contributed by atoms with E-state index in [2.05, 4.69) is 4.98 Å². The van der Waals surface area contributed by atoms with E-state index in [-0.39, 0.29) is 6.61 Å². The van der Waals surface area contributed by atoms with Crippen LogP contribution in [0.25, 0.3) is 0 Å². The van der Waals surface area contributed by atoms with Crippen LogP contribution in [0, 0.1) is 11.3 Å². The second kappa shape index (κ2) is 4.80. The van der Waals surface area contributed by atoms with Crippen LogP contribution in [0.1, 0.15) is 5.56 Å². The first-order chi connectivity index (χ1) is 8.22. The number of nitrogens with zero attached hydrogens (tertiary/aromatic N) is 3. The molecule has 0 spiro atoms. The molecule has 0 aliphatic carbocycles. The van der Waals surface area contributed by atoms with Crippen molar-refractivity contribution in [3.05, 3.63) is 23.9 Å². The molecule has 1 aromatic heterocycles. The van der Waals surface area contributed by atoms with Gasteiger partial charge in [-0.25, -0.2) is 4.98 Å². The van der Waals surface area contributed by atoms with Gasteiger partial charge in [0.15, 0.2) is 0 Å². The number of ether oxygens (including phenoxy) is 1. The zero-order chi connectivity index (χ0) is 12.3. The number of amides is 1. The predicted molar refractivity (Wildman–Crippen MR) is 60.1 cm³/mol. The molecule has 1 saturated heterocycles. The number of rotatable bonds is 2. The van der Waals surface area contributed by atoms with E-state index >= 15 is 0 Å². The van der Waals surface area contributed by atoms with Crippen molar-refractivity contribution in [1.29, 1.82) is 5.26 Å². The van der Waals surface area contributed by atoms with Crippen LogP contribution >= 0.6 is 0 Å². The number of morpholine rings is 1. The minimum absolute atomic E-state index is 0.275. The molecule has 0 radical (unpaired) electrons. The van der Waals surface area contributed by atoms with Gasteiger partial charge in [-0.3, -0.25) is 4.79 Å². The Balaban J connectivity index is 2.24. The van der Waals surface area contributed by atoms with Gasteiger partial charge in [0.2, 0.25) is 5.91 Å². The van der Waals surface area contributed by atoms with Crippen molar-refractivity contribution < 1.29 is 9.53 Å². The van der Waals surface area contributed by atoms with E-state index in [1.165, 1.54) is 6.20 Å². The van der Waals surface area contributed by atoms with Gasteiger partial charge in [-0.05, 0) is 12.1 Å². The summed E-state index contributed by atoms with van der Waals surface area (Å²) in [6.07, 6.45) is 1.48. The van der Waals surface area contributed by atoms with Crippen molar-refractivity contribution in [3.8, 4) is 6.07 Å². The van der Waals surface area contributed by atoms with E-state index in [0.717, 1.165) is 0 Å². The highest BCUT2D eigenvalue weighted by Crippen LogP contribution is 2.17. The van der Waals surface area contributed by atoms with Crippen LogP contribution in [0.2, 0.25) is 0 Å². The van der Waals surface area contributed by atoms with E-state index in [0.29, 0.717) is 24.5 Å². The van der Waals surface area contributed by atoms with Crippen LogP contribution < -0.4 is 10.6 Å². The molecule has 0 aromatic carbocycles. The van der Waals surface area contributed by atoms with E-state index in [4.69, 9.17) is 15.7 Å². The number of primary amides is 1. The molecule has 0 bridgehead atoms. The van der Waals surface area contributed by atoms with E-state index < -0.39 is 11.9 Å². The van der Waals surface area contributed by atoms with Gasteiger partial charge >= 0.3 is 0 Å². The van der Waals surface area contributed by atoms with Gasteiger partial charge in [0.25, 0.3) is 0 Å². The van der Waals surface area contributed by atoms with Gasteiger partial charge < -0.3 is 15.4 Å². The fourth-order valence-corrected chi connectivity index (χ4v) is 1.74. The summed E-state index contributed by atoms with van der Waals surface area (Å²) in [5.74, 6) is 0.201. The molecule has 17 heavy (non-hydrogen) atoms. The molecular formula is C11H12N4O2. The van der Waals surface area contributed by atoms with Gasteiger partial charge in [0, 0.05) is 12.7 Å². The number of hydrogen-bond donors (Lipinski definition) is 1. The van der Waals surface area contributed by atoms with Crippen LogP contribution in [0.5, 0.6) is 0 Å². The summed E-state index contributed by atoms with van der Waals surface area (Å²) in [6, 6.07) is 4.87. The highest BCUT2D eigenvalue weighted by molar-refractivity contribution is 5.83. The third-order valence-corrected chi connectivity index (χ3v) is 2.63. The predicted octanol–water partition coefficient (Wildman–Crippen LogP) is -0.356. The Morgan fingerprint density at radius 1 is 1.65 bits per heavy atom. The molecule has 1 aliphatic rings. The lowest BCUT2D eigenvalue weighted by Gasteiger charge is -2.34. The number of aromatic nitrogens is 1. The van der Waals surface area contributed by atoms with Crippen molar-refractivity contribution in [2.24, 2.45) is 5.73 Å². The molecule has 2 heterocycles. The highest BCUT2D eigenvalue weighted by atomic mass is 16.5. The lowest BCUT2D eigenvalue weighted by atomic mass is 10.2. The average Bonchev–Trinajstić information content (AvgIpc) is 2.39. The molecule has 1 amide bonds. The second-order valence-corrected chi connectivity index (χ2v) is 3.70. The van der Waals surface area contributed by atoms with Gasteiger partial charge in [-0.1, -0.05) is 0 Å². The summed E-state index contributed by atoms with van der Waals surface area (Å²) in [7, 11) is 0. The topological polar surface area (TPSA) is 92.2 Å². The number of anilines is 1. The molecule has 88 valence electrons. The normalized spacial score (nSPS) is 19.7. The first-order valence-corrected chi connectivity index (χ1v) is 5.22. The van der Waals surface area contributed by atoms with Crippen molar-refractivity contribution in [2.75, 3.05) is 24.7 Å². The largest absolute Gasteiger partial charge is 0.377 e. The molecule has 1 aromatic rings. The molecular weight excluding hydrogens is 220 g/mol. The highest BCUT2D eigenvalue weighted by Gasteiger charge is 2.28. The fraction of sp³-hybridized carbons (Fsp3) is 0.364. The quantitative estimate of drug-likeness (QED) is 0.752. The molecule has 2 N–H and O–H groups in total. The van der Waals surface area contributed by atoms with Gasteiger partial charge in [-0.2, -0.15) is 5.26 Å². The molecule has 1 unspecified atom stereocenters. The summed E-state index contributed by atoms with van der Waals surface area (Å²) < 4.78 is 5.22. The Morgan fingerprint density at radius 2 is 2.47 bits per heavy atom. The monoisotopic (exact) mass is 232 g/mol. The summed E-state index contributed by atoms with van der Waals surface area (Å²) in [4.78, 5) is 17.2. The molecule has 6 heteroatoms. The van der Waals surface area contributed by atoms with Crippen LogP contribution in [0.3, 0.4) is 0 Å². The lowest BCUT2D eigenvalue weighted by molar-refractivity contribution is -0.121. The SMILES string of the molecule is N#Cc1ccc(N2CCOCC2C(N)=O)nc1.